The Labute approximate surface area is 94.4 Å². The molecule has 0 atom stereocenters. The van der Waals surface area contributed by atoms with Crippen LogP contribution in [-0.2, 0) is 16.0 Å². The summed E-state index contributed by atoms with van der Waals surface area (Å²) in [7, 11) is 0. The van der Waals surface area contributed by atoms with Crippen molar-refractivity contribution < 1.29 is 27.1 Å². The normalized spacial score (nSPS) is 10.7. The SMILES string of the molecule is CCOC(=O)Cc1cc(F)c(C(F)F)nc1F. The number of rotatable bonds is 4. The minimum Gasteiger partial charge on any atom is -0.466 e. The quantitative estimate of drug-likeness (QED) is 0.468. The van der Waals surface area contributed by atoms with Crippen molar-refractivity contribution in [3.63, 3.8) is 0 Å². The zero-order chi connectivity index (χ0) is 13.0. The Balaban J connectivity index is 2.95. The van der Waals surface area contributed by atoms with Gasteiger partial charge in [0.1, 0.15) is 5.69 Å². The lowest BCUT2D eigenvalue weighted by Crippen LogP contribution is -2.11. The molecule has 0 saturated carbocycles. The molecule has 1 aromatic rings. The number of pyridine rings is 1. The Morgan fingerprint density at radius 2 is 2.12 bits per heavy atom. The van der Waals surface area contributed by atoms with Gasteiger partial charge < -0.3 is 4.74 Å². The maximum Gasteiger partial charge on any atom is 0.310 e. The third kappa shape index (κ3) is 3.40. The van der Waals surface area contributed by atoms with Gasteiger partial charge >= 0.3 is 5.97 Å². The van der Waals surface area contributed by atoms with E-state index in [-0.39, 0.29) is 6.61 Å². The van der Waals surface area contributed by atoms with Crippen molar-refractivity contribution >= 4 is 5.97 Å². The molecule has 0 bridgehead atoms. The molecular weight excluding hydrogens is 242 g/mol. The van der Waals surface area contributed by atoms with E-state index in [0.717, 1.165) is 0 Å². The van der Waals surface area contributed by atoms with Gasteiger partial charge in [0.2, 0.25) is 5.95 Å². The first-order valence-electron chi connectivity index (χ1n) is 4.74. The van der Waals surface area contributed by atoms with Crippen molar-refractivity contribution in [2.45, 2.75) is 19.8 Å². The van der Waals surface area contributed by atoms with Crippen LogP contribution in [0.1, 0.15) is 24.6 Å². The van der Waals surface area contributed by atoms with Crippen LogP contribution in [0.2, 0.25) is 0 Å². The Morgan fingerprint density at radius 3 is 2.65 bits per heavy atom. The molecule has 0 aliphatic carbocycles. The molecule has 94 valence electrons. The summed E-state index contributed by atoms with van der Waals surface area (Å²) in [6.45, 7) is 1.64. The molecule has 0 saturated heterocycles. The summed E-state index contributed by atoms with van der Waals surface area (Å²) in [4.78, 5) is 13.8. The molecule has 1 aromatic heterocycles. The number of esters is 1. The molecule has 3 nitrogen and oxygen atoms in total. The van der Waals surface area contributed by atoms with Gasteiger partial charge in [0.25, 0.3) is 6.43 Å². The van der Waals surface area contributed by atoms with Crippen molar-refractivity contribution in [3.8, 4) is 0 Å². The molecule has 0 amide bonds. The maximum atomic E-state index is 13.2. The Morgan fingerprint density at radius 1 is 1.47 bits per heavy atom. The van der Waals surface area contributed by atoms with E-state index in [2.05, 4.69) is 9.72 Å². The number of hydrogen-bond donors (Lipinski definition) is 0. The molecule has 0 aliphatic rings. The van der Waals surface area contributed by atoms with Crippen molar-refractivity contribution in [3.05, 3.63) is 29.1 Å². The summed E-state index contributed by atoms with van der Waals surface area (Å²) in [5, 5.41) is 0. The highest BCUT2D eigenvalue weighted by atomic mass is 19.3. The number of aromatic nitrogens is 1. The van der Waals surface area contributed by atoms with Gasteiger partial charge in [0.05, 0.1) is 13.0 Å². The Bertz CT molecular complexity index is 423. The van der Waals surface area contributed by atoms with E-state index < -0.39 is 41.8 Å². The zero-order valence-corrected chi connectivity index (χ0v) is 8.84. The highest BCUT2D eigenvalue weighted by Gasteiger charge is 2.20. The number of hydrogen-bond acceptors (Lipinski definition) is 3. The van der Waals surface area contributed by atoms with Gasteiger partial charge in [-0.3, -0.25) is 4.79 Å². The predicted molar refractivity (Wildman–Crippen MR) is 49.4 cm³/mol. The van der Waals surface area contributed by atoms with Gasteiger partial charge in [-0.05, 0) is 13.0 Å². The topological polar surface area (TPSA) is 39.2 Å². The van der Waals surface area contributed by atoms with Crippen LogP contribution in [-0.4, -0.2) is 17.6 Å². The highest BCUT2D eigenvalue weighted by Crippen LogP contribution is 2.22. The summed E-state index contributed by atoms with van der Waals surface area (Å²) in [6, 6.07) is 0.529. The molecule has 0 spiro atoms. The second kappa shape index (κ2) is 5.60. The molecule has 0 unspecified atom stereocenters. The molecule has 0 N–H and O–H groups in total. The molecule has 0 fully saturated rings. The molecule has 1 heterocycles. The first kappa shape index (κ1) is 13.4. The first-order valence-corrected chi connectivity index (χ1v) is 4.74. The fourth-order valence-electron chi connectivity index (χ4n) is 1.16. The smallest absolute Gasteiger partial charge is 0.310 e. The lowest BCUT2D eigenvalue weighted by molar-refractivity contribution is -0.142. The van der Waals surface area contributed by atoms with Gasteiger partial charge in [0.15, 0.2) is 5.82 Å². The van der Waals surface area contributed by atoms with Gasteiger partial charge in [-0.25, -0.2) is 18.2 Å². The summed E-state index contributed by atoms with van der Waals surface area (Å²) < 4.78 is 55.1. The number of nitrogens with zero attached hydrogens (tertiary/aromatic N) is 1. The Hall–Kier alpha value is -1.66. The minimum atomic E-state index is -3.21. The second-order valence-electron chi connectivity index (χ2n) is 3.09. The monoisotopic (exact) mass is 251 g/mol. The van der Waals surface area contributed by atoms with E-state index in [1.807, 2.05) is 0 Å². The predicted octanol–water partition coefficient (Wildman–Crippen LogP) is 2.40. The molecule has 7 heteroatoms. The average molecular weight is 251 g/mol. The van der Waals surface area contributed by atoms with E-state index in [1.54, 1.807) is 6.92 Å². The van der Waals surface area contributed by atoms with Gasteiger partial charge in [-0.2, -0.15) is 4.39 Å². The molecule has 0 aliphatic heterocycles. The van der Waals surface area contributed by atoms with E-state index >= 15 is 0 Å². The summed E-state index contributed by atoms with van der Waals surface area (Å²) in [5.74, 6) is -3.42. The number of carbonyl (C=O) groups is 1. The number of alkyl halides is 2. The fourth-order valence-corrected chi connectivity index (χ4v) is 1.16. The van der Waals surface area contributed by atoms with Crippen LogP contribution in [0.15, 0.2) is 6.07 Å². The third-order valence-electron chi connectivity index (χ3n) is 1.88. The third-order valence-corrected chi connectivity index (χ3v) is 1.88. The molecular formula is C10H9F4NO2. The van der Waals surface area contributed by atoms with Crippen LogP contribution >= 0.6 is 0 Å². The molecule has 0 aromatic carbocycles. The van der Waals surface area contributed by atoms with Gasteiger partial charge in [0, 0.05) is 5.56 Å². The van der Waals surface area contributed by atoms with Crippen LogP contribution in [0.4, 0.5) is 17.6 Å². The van der Waals surface area contributed by atoms with Crippen molar-refractivity contribution in [1.29, 1.82) is 0 Å². The van der Waals surface area contributed by atoms with Gasteiger partial charge in [-0.1, -0.05) is 0 Å². The standard InChI is InChI=1S/C10H9F4NO2/c1-2-17-7(16)4-5-3-6(11)8(9(12)13)15-10(5)14/h3,9H,2,4H2,1H3. The van der Waals surface area contributed by atoms with Crippen LogP contribution < -0.4 is 0 Å². The van der Waals surface area contributed by atoms with Crippen LogP contribution in [0.3, 0.4) is 0 Å². The van der Waals surface area contributed by atoms with Crippen molar-refractivity contribution in [2.24, 2.45) is 0 Å². The van der Waals surface area contributed by atoms with E-state index in [4.69, 9.17) is 0 Å². The van der Waals surface area contributed by atoms with Crippen LogP contribution in [0.25, 0.3) is 0 Å². The minimum absolute atomic E-state index is 0.0888. The van der Waals surface area contributed by atoms with Crippen molar-refractivity contribution in [2.75, 3.05) is 6.61 Å². The number of halogens is 4. The number of ether oxygens (including phenoxy) is 1. The summed E-state index contributed by atoms with van der Waals surface area (Å²) in [5.41, 5.74) is -1.68. The summed E-state index contributed by atoms with van der Waals surface area (Å²) in [6.07, 6.45) is -3.76. The average Bonchev–Trinajstić information content (AvgIpc) is 2.22. The highest BCUT2D eigenvalue weighted by molar-refractivity contribution is 5.72. The van der Waals surface area contributed by atoms with Crippen LogP contribution in [0, 0.1) is 11.8 Å². The molecule has 0 radical (unpaired) electrons. The van der Waals surface area contributed by atoms with Crippen molar-refractivity contribution in [1.82, 2.24) is 4.98 Å². The largest absolute Gasteiger partial charge is 0.466 e. The fraction of sp³-hybridized carbons (Fsp3) is 0.400. The maximum absolute atomic E-state index is 13.2. The van der Waals surface area contributed by atoms with E-state index in [1.165, 1.54) is 0 Å². The van der Waals surface area contributed by atoms with Gasteiger partial charge in [-0.15, -0.1) is 0 Å². The van der Waals surface area contributed by atoms with Crippen LogP contribution in [0.5, 0.6) is 0 Å². The Kier molecular flexibility index (Phi) is 4.42. The molecule has 17 heavy (non-hydrogen) atoms. The van der Waals surface area contributed by atoms with E-state index in [0.29, 0.717) is 6.07 Å². The second-order valence-corrected chi connectivity index (χ2v) is 3.09. The summed E-state index contributed by atoms with van der Waals surface area (Å²) >= 11 is 0. The zero-order valence-electron chi connectivity index (χ0n) is 8.84. The lowest BCUT2D eigenvalue weighted by Gasteiger charge is -2.06. The molecule has 1 rings (SSSR count). The van der Waals surface area contributed by atoms with E-state index in [9.17, 15) is 22.4 Å². The number of carbonyl (C=O) groups excluding carboxylic acids is 1. The lowest BCUT2D eigenvalue weighted by atomic mass is 10.2. The first-order chi connectivity index (χ1) is 7.95.